The van der Waals surface area contributed by atoms with Gasteiger partial charge in [-0.25, -0.2) is 4.39 Å². The Morgan fingerprint density at radius 2 is 1.88 bits per heavy atom. The molecule has 0 N–H and O–H groups in total. The van der Waals surface area contributed by atoms with Gasteiger partial charge in [0.15, 0.2) is 0 Å². The first-order valence-corrected chi connectivity index (χ1v) is 6.13. The minimum Gasteiger partial charge on any atom is -0.493 e. The molecule has 0 aromatic heterocycles. The average molecular weight is 224 g/mol. The van der Waals surface area contributed by atoms with Gasteiger partial charge >= 0.3 is 0 Å². The molecule has 0 amide bonds. The van der Waals surface area contributed by atoms with Crippen molar-refractivity contribution < 1.29 is 9.13 Å². The summed E-state index contributed by atoms with van der Waals surface area (Å²) in [6, 6.07) is 4.67. The molecule has 0 radical (unpaired) electrons. The minimum absolute atomic E-state index is 0.230. The van der Waals surface area contributed by atoms with E-state index in [-0.39, 0.29) is 5.82 Å². The van der Waals surface area contributed by atoms with Crippen LogP contribution in [0.1, 0.15) is 44.6 Å². The number of benzene rings is 1. The van der Waals surface area contributed by atoms with Crippen LogP contribution in [0, 0.1) is 12.7 Å². The fourth-order valence-electron chi connectivity index (χ4n) is 1.62. The van der Waals surface area contributed by atoms with Gasteiger partial charge in [-0.1, -0.05) is 38.7 Å². The Hall–Kier alpha value is -1.05. The van der Waals surface area contributed by atoms with E-state index in [0.29, 0.717) is 12.4 Å². The standard InChI is InChI=1S/C14H21FO/c1-3-4-5-6-7-10-16-14-11-13(15)9-8-12(14)2/h8-9,11H,3-7,10H2,1-2H3. The molecule has 0 unspecified atom stereocenters. The minimum atomic E-state index is -0.230. The van der Waals surface area contributed by atoms with Gasteiger partial charge in [0.2, 0.25) is 0 Å². The van der Waals surface area contributed by atoms with E-state index in [9.17, 15) is 4.39 Å². The normalized spacial score (nSPS) is 10.4. The summed E-state index contributed by atoms with van der Waals surface area (Å²) < 4.78 is 18.5. The highest BCUT2D eigenvalue weighted by Gasteiger charge is 2.00. The maximum Gasteiger partial charge on any atom is 0.126 e. The lowest BCUT2D eigenvalue weighted by Crippen LogP contribution is -1.99. The van der Waals surface area contributed by atoms with Crippen LogP contribution in [0.25, 0.3) is 0 Å². The van der Waals surface area contributed by atoms with Gasteiger partial charge in [-0.05, 0) is 25.0 Å². The number of rotatable bonds is 7. The summed E-state index contributed by atoms with van der Waals surface area (Å²) in [6.45, 7) is 4.83. The first-order valence-electron chi connectivity index (χ1n) is 6.13. The Bertz CT molecular complexity index is 310. The molecule has 16 heavy (non-hydrogen) atoms. The van der Waals surface area contributed by atoms with Crippen LogP contribution in [0.4, 0.5) is 4.39 Å². The molecule has 1 aromatic carbocycles. The van der Waals surface area contributed by atoms with E-state index >= 15 is 0 Å². The third-order valence-corrected chi connectivity index (χ3v) is 2.66. The Morgan fingerprint density at radius 3 is 2.62 bits per heavy atom. The smallest absolute Gasteiger partial charge is 0.126 e. The average Bonchev–Trinajstić information content (AvgIpc) is 2.28. The number of hydrogen-bond acceptors (Lipinski definition) is 1. The van der Waals surface area contributed by atoms with E-state index in [4.69, 9.17) is 4.74 Å². The largest absolute Gasteiger partial charge is 0.493 e. The van der Waals surface area contributed by atoms with Crippen molar-refractivity contribution in [1.29, 1.82) is 0 Å². The molecule has 0 aliphatic rings. The molecule has 2 heteroatoms. The van der Waals surface area contributed by atoms with Gasteiger partial charge in [0.05, 0.1) is 6.61 Å². The maximum atomic E-state index is 12.9. The molecule has 0 fully saturated rings. The third-order valence-electron chi connectivity index (χ3n) is 2.66. The molecular formula is C14H21FO. The SMILES string of the molecule is CCCCCCCOc1cc(F)ccc1C. The number of hydrogen-bond donors (Lipinski definition) is 0. The van der Waals surface area contributed by atoms with E-state index in [2.05, 4.69) is 6.92 Å². The summed E-state index contributed by atoms with van der Waals surface area (Å²) in [6.07, 6.45) is 6.06. The van der Waals surface area contributed by atoms with Gasteiger partial charge in [-0.2, -0.15) is 0 Å². The van der Waals surface area contributed by atoms with Crippen LogP contribution in [-0.2, 0) is 0 Å². The summed E-state index contributed by atoms with van der Waals surface area (Å²) >= 11 is 0. The predicted molar refractivity (Wildman–Crippen MR) is 65.4 cm³/mol. The van der Waals surface area contributed by atoms with Crippen molar-refractivity contribution in [2.45, 2.75) is 46.0 Å². The van der Waals surface area contributed by atoms with Crippen LogP contribution in [0.5, 0.6) is 5.75 Å². The zero-order valence-corrected chi connectivity index (χ0v) is 10.3. The third kappa shape index (κ3) is 4.65. The molecule has 0 saturated carbocycles. The number of halogens is 1. The summed E-state index contributed by atoms with van der Waals surface area (Å²) in [5, 5.41) is 0. The molecule has 0 saturated heterocycles. The lowest BCUT2D eigenvalue weighted by molar-refractivity contribution is 0.301. The zero-order chi connectivity index (χ0) is 11.8. The number of aryl methyl sites for hydroxylation is 1. The van der Waals surface area contributed by atoms with Crippen LogP contribution in [-0.4, -0.2) is 6.61 Å². The molecule has 0 aliphatic carbocycles. The van der Waals surface area contributed by atoms with E-state index in [1.54, 1.807) is 6.07 Å². The summed E-state index contributed by atoms with van der Waals surface area (Å²) in [5.74, 6) is 0.446. The molecule has 0 heterocycles. The highest BCUT2D eigenvalue weighted by atomic mass is 19.1. The van der Waals surface area contributed by atoms with Gasteiger partial charge in [0.25, 0.3) is 0 Å². The molecule has 0 atom stereocenters. The van der Waals surface area contributed by atoms with Crippen LogP contribution in [0.15, 0.2) is 18.2 Å². The maximum absolute atomic E-state index is 12.9. The Labute approximate surface area is 97.6 Å². The van der Waals surface area contributed by atoms with E-state index in [1.165, 1.54) is 37.8 Å². The topological polar surface area (TPSA) is 9.23 Å². The molecule has 1 aromatic rings. The Morgan fingerprint density at radius 1 is 1.12 bits per heavy atom. The number of ether oxygens (including phenoxy) is 1. The van der Waals surface area contributed by atoms with Crippen molar-refractivity contribution in [2.75, 3.05) is 6.61 Å². The summed E-state index contributed by atoms with van der Waals surface area (Å²) in [7, 11) is 0. The van der Waals surface area contributed by atoms with Crippen LogP contribution in [0.3, 0.4) is 0 Å². The fourth-order valence-corrected chi connectivity index (χ4v) is 1.62. The van der Waals surface area contributed by atoms with Crippen LogP contribution in [0.2, 0.25) is 0 Å². The Kier molecular flexibility index (Phi) is 5.91. The Balaban J connectivity index is 2.23. The van der Waals surface area contributed by atoms with E-state index in [1.807, 2.05) is 6.92 Å². The molecule has 1 nitrogen and oxygen atoms in total. The zero-order valence-electron chi connectivity index (χ0n) is 10.3. The van der Waals surface area contributed by atoms with Crippen molar-refractivity contribution in [3.8, 4) is 5.75 Å². The molecular weight excluding hydrogens is 203 g/mol. The van der Waals surface area contributed by atoms with E-state index < -0.39 is 0 Å². The van der Waals surface area contributed by atoms with Gasteiger partial charge in [-0.3, -0.25) is 0 Å². The second kappa shape index (κ2) is 7.26. The highest BCUT2D eigenvalue weighted by molar-refractivity contribution is 5.32. The van der Waals surface area contributed by atoms with Crippen molar-refractivity contribution in [2.24, 2.45) is 0 Å². The number of unbranched alkanes of at least 4 members (excludes halogenated alkanes) is 4. The van der Waals surface area contributed by atoms with Gasteiger partial charge in [0, 0.05) is 6.07 Å². The quantitative estimate of drug-likeness (QED) is 0.620. The molecule has 0 spiro atoms. The van der Waals surface area contributed by atoms with Crippen LogP contribution < -0.4 is 4.74 Å². The molecule has 0 aliphatic heterocycles. The van der Waals surface area contributed by atoms with Gasteiger partial charge in [0.1, 0.15) is 11.6 Å². The second-order valence-corrected chi connectivity index (χ2v) is 4.17. The van der Waals surface area contributed by atoms with Crippen LogP contribution >= 0.6 is 0 Å². The first-order chi connectivity index (χ1) is 7.74. The lowest BCUT2D eigenvalue weighted by atomic mass is 10.2. The monoisotopic (exact) mass is 224 g/mol. The molecule has 90 valence electrons. The van der Waals surface area contributed by atoms with Crippen molar-refractivity contribution in [3.63, 3.8) is 0 Å². The van der Waals surface area contributed by atoms with Gasteiger partial charge in [-0.15, -0.1) is 0 Å². The highest BCUT2D eigenvalue weighted by Crippen LogP contribution is 2.19. The lowest BCUT2D eigenvalue weighted by Gasteiger charge is -2.08. The first kappa shape index (κ1) is 13.0. The van der Waals surface area contributed by atoms with Crippen molar-refractivity contribution in [1.82, 2.24) is 0 Å². The summed E-state index contributed by atoms with van der Waals surface area (Å²) in [4.78, 5) is 0. The molecule has 1 rings (SSSR count). The molecule has 0 bridgehead atoms. The van der Waals surface area contributed by atoms with E-state index in [0.717, 1.165) is 12.0 Å². The van der Waals surface area contributed by atoms with Crippen molar-refractivity contribution >= 4 is 0 Å². The van der Waals surface area contributed by atoms with Crippen molar-refractivity contribution in [3.05, 3.63) is 29.6 Å². The fraction of sp³-hybridized carbons (Fsp3) is 0.571. The summed E-state index contributed by atoms with van der Waals surface area (Å²) in [5.41, 5.74) is 0.995. The van der Waals surface area contributed by atoms with Gasteiger partial charge < -0.3 is 4.74 Å². The second-order valence-electron chi connectivity index (χ2n) is 4.17. The predicted octanol–water partition coefficient (Wildman–Crippen LogP) is 4.48.